The molecule has 1 fully saturated rings. The van der Waals surface area contributed by atoms with E-state index in [2.05, 4.69) is 10.3 Å². The second kappa shape index (κ2) is 11.9. The molecule has 0 aromatic carbocycles. The summed E-state index contributed by atoms with van der Waals surface area (Å²) >= 11 is 2.34. The number of carbonyl (C=O) groups excluding carboxylic acids is 5. The highest BCUT2D eigenvalue weighted by molar-refractivity contribution is 8.03. The highest BCUT2D eigenvalue weighted by Crippen LogP contribution is 2.40. The first-order chi connectivity index (χ1) is 17.8. The first-order valence-corrected chi connectivity index (χ1v) is 13.3. The summed E-state index contributed by atoms with van der Waals surface area (Å²) < 4.78 is 14.9. The zero-order valence-corrected chi connectivity index (χ0v) is 22.9. The van der Waals surface area contributed by atoms with Gasteiger partial charge in [0.2, 0.25) is 12.7 Å². The summed E-state index contributed by atoms with van der Waals surface area (Å²) in [5.74, 6) is -2.56. The van der Waals surface area contributed by atoms with E-state index in [9.17, 15) is 24.0 Å². The number of β-lactam (4-membered cyclic amide) rings is 1. The predicted molar refractivity (Wildman–Crippen MR) is 139 cm³/mol. The number of fused-ring (bicyclic) bond motifs is 1. The quantitative estimate of drug-likeness (QED) is 0.169. The zero-order valence-electron chi connectivity index (χ0n) is 21.2. The van der Waals surface area contributed by atoms with Crippen LogP contribution < -0.4 is 16.8 Å². The van der Waals surface area contributed by atoms with Crippen LogP contribution >= 0.6 is 23.1 Å². The number of amides is 3. The maximum Gasteiger partial charge on any atom is 0.404 e. The predicted octanol–water partition coefficient (Wildman–Crippen LogP) is 1.36. The minimum Gasteiger partial charge on any atom is -0.445 e. The molecule has 1 unspecified atom stereocenters. The Hall–Kier alpha value is -3.59. The van der Waals surface area contributed by atoms with Gasteiger partial charge in [-0.15, -0.1) is 23.1 Å². The van der Waals surface area contributed by atoms with Gasteiger partial charge in [-0.1, -0.05) is 13.0 Å². The summed E-state index contributed by atoms with van der Waals surface area (Å²) in [5, 5.41) is 5.55. The molecule has 2 aliphatic heterocycles. The molecule has 206 valence electrons. The number of allylic oxidation sites excluding steroid dienone is 1. The van der Waals surface area contributed by atoms with Crippen LogP contribution in [0.1, 0.15) is 39.8 Å². The number of thiazole rings is 1. The molecular weight excluding hydrogens is 538 g/mol. The molecule has 38 heavy (non-hydrogen) atoms. The van der Waals surface area contributed by atoms with E-state index in [0.29, 0.717) is 17.2 Å². The number of carbonyl (C=O) groups is 5. The van der Waals surface area contributed by atoms with Crippen molar-refractivity contribution in [3.05, 3.63) is 28.1 Å². The molecule has 5 N–H and O–H groups in total. The van der Waals surface area contributed by atoms with E-state index >= 15 is 0 Å². The molecule has 1 saturated heterocycles. The topological polar surface area (TPSA) is 193 Å². The van der Waals surface area contributed by atoms with Gasteiger partial charge in [-0.05, 0) is 32.6 Å². The van der Waals surface area contributed by atoms with Gasteiger partial charge in [-0.2, -0.15) is 0 Å². The molecule has 0 radical (unpaired) electrons. The van der Waals surface area contributed by atoms with Crippen molar-refractivity contribution in [1.29, 1.82) is 0 Å². The Labute approximate surface area is 226 Å². The number of rotatable bonds is 9. The SMILES string of the molecule is CC/C=C(\C(=O)N[C@@H]1C(=O)N2C(C(=O)OCOC(=O)C(C)(C)C)C(COC(N)=O)=CS[C@@H]12)c1csc(N)n1. The maximum atomic E-state index is 13.2. The lowest BCUT2D eigenvalue weighted by Gasteiger charge is -2.51. The smallest absolute Gasteiger partial charge is 0.404 e. The van der Waals surface area contributed by atoms with Crippen molar-refractivity contribution in [2.75, 3.05) is 19.1 Å². The fourth-order valence-electron chi connectivity index (χ4n) is 3.55. The van der Waals surface area contributed by atoms with E-state index < -0.39 is 59.5 Å². The van der Waals surface area contributed by atoms with E-state index in [1.54, 1.807) is 37.6 Å². The Kier molecular flexibility index (Phi) is 9.04. The summed E-state index contributed by atoms with van der Waals surface area (Å²) in [7, 11) is 0. The number of nitrogens with zero attached hydrogens (tertiary/aromatic N) is 2. The highest BCUT2D eigenvalue weighted by Gasteiger charge is 2.56. The minimum atomic E-state index is -1.28. The van der Waals surface area contributed by atoms with Gasteiger partial charge in [-0.3, -0.25) is 14.4 Å². The number of nitrogen functional groups attached to an aromatic ring is 1. The van der Waals surface area contributed by atoms with Crippen molar-refractivity contribution in [1.82, 2.24) is 15.2 Å². The van der Waals surface area contributed by atoms with Crippen molar-refractivity contribution >= 4 is 63.6 Å². The molecule has 0 bridgehead atoms. The molecule has 0 saturated carbocycles. The lowest BCUT2D eigenvalue weighted by molar-refractivity contribution is -0.179. The van der Waals surface area contributed by atoms with Crippen LogP contribution in [0.15, 0.2) is 22.4 Å². The normalized spacial score (nSPS) is 21.0. The summed E-state index contributed by atoms with van der Waals surface area (Å²) in [5.41, 5.74) is 10.8. The molecule has 0 aliphatic carbocycles. The third kappa shape index (κ3) is 6.45. The van der Waals surface area contributed by atoms with Crippen LogP contribution in [0, 0.1) is 5.41 Å². The van der Waals surface area contributed by atoms with Crippen molar-refractivity contribution in [2.45, 2.75) is 51.6 Å². The van der Waals surface area contributed by atoms with Gasteiger partial charge >= 0.3 is 18.0 Å². The first-order valence-electron chi connectivity index (χ1n) is 11.5. The van der Waals surface area contributed by atoms with Gasteiger partial charge in [0, 0.05) is 11.0 Å². The molecule has 1 aromatic rings. The van der Waals surface area contributed by atoms with E-state index in [4.69, 9.17) is 25.7 Å². The molecule has 3 amide bonds. The lowest BCUT2D eigenvalue weighted by atomic mass is 9.97. The van der Waals surface area contributed by atoms with E-state index in [1.807, 2.05) is 6.92 Å². The number of thioether (sulfide) groups is 1. The van der Waals surface area contributed by atoms with E-state index in [-0.39, 0.29) is 17.8 Å². The Morgan fingerprint density at radius 1 is 1.21 bits per heavy atom. The van der Waals surface area contributed by atoms with Gasteiger partial charge in [0.15, 0.2) is 11.2 Å². The molecule has 3 atom stereocenters. The molecule has 13 nitrogen and oxygen atoms in total. The number of esters is 2. The van der Waals surface area contributed by atoms with Crippen molar-refractivity contribution in [3.63, 3.8) is 0 Å². The van der Waals surface area contributed by atoms with Gasteiger partial charge in [0.1, 0.15) is 18.0 Å². The van der Waals surface area contributed by atoms with E-state index in [1.165, 1.54) is 16.2 Å². The molecule has 2 aliphatic rings. The number of nitrogens with two attached hydrogens (primary N) is 2. The first kappa shape index (κ1) is 29.0. The Morgan fingerprint density at radius 2 is 1.92 bits per heavy atom. The maximum absolute atomic E-state index is 13.2. The van der Waals surface area contributed by atoms with Gasteiger partial charge in [0.25, 0.3) is 5.91 Å². The number of primary amides is 1. The van der Waals surface area contributed by atoms with Crippen LogP contribution in [0.4, 0.5) is 9.93 Å². The third-order valence-corrected chi connectivity index (χ3v) is 7.30. The Morgan fingerprint density at radius 3 is 2.50 bits per heavy atom. The second-order valence-corrected chi connectivity index (χ2v) is 11.2. The monoisotopic (exact) mass is 567 g/mol. The van der Waals surface area contributed by atoms with Crippen LogP contribution in [-0.4, -0.2) is 70.6 Å². The zero-order chi connectivity index (χ0) is 28.2. The van der Waals surface area contributed by atoms with Gasteiger partial charge in [-0.25, -0.2) is 14.6 Å². The summed E-state index contributed by atoms with van der Waals surface area (Å²) in [6.07, 6.45) is 1.15. The number of hydrogen-bond acceptors (Lipinski definition) is 12. The Bertz CT molecular complexity index is 1190. The highest BCUT2D eigenvalue weighted by atomic mass is 32.2. The van der Waals surface area contributed by atoms with Crippen LogP contribution in [0.5, 0.6) is 0 Å². The average molecular weight is 568 g/mol. The van der Waals surface area contributed by atoms with E-state index in [0.717, 1.165) is 11.8 Å². The minimum absolute atomic E-state index is 0.236. The van der Waals surface area contributed by atoms with Crippen molar-refractivity contribution in [2.24, 2.45) is 11.1 Å². The second-order valence-electron chi connectivity index (χ2n) is 9.29. The molecule has 3 rings (SSSR count). The standard InChI is InChI=1S/C23H29N5O8S2/c1-5-6-12(13-9-38-21(24)26-13)16(29)27-14-17(30)28-15(11(7-34-22(25)33)8-37-18(14)28)19(31)35-10-36-20(32)23(2,3)4/h6,8-9,14-15,18H,5,7,10H2,1-4H3,(H2,24,26)(H2,25,33)(H,27,29)/b12-6-/t14-,15?,18+/m1/s1. The fourth-order valence-corrected chi connectivity index (χ4v) is 5.33. The average Bonchev–Trinajstić information content (AvgIpc) is 3.28. The van der Waals surface area contributed by atoms with Crippen LogP contribution in [0.25, 0.3) is 5.57 Å². The van der Waals surface area contributed by atoms with Crippen molar-refractivity contribution in [3.8, 4) is 0 Å². The largest absolute Gasteiger partial charge is 0.445 e. The molecule has 3 heterocycles. The molecular formula is C23H29N5O8S2. The number of aromatic nitrogens is 1. The molecule has 1 aromatic heterocycles. The van der Waals surface area contributed by atoms with Crippen LogP contribution in [0.2, 0.25) is 0 Å². The molecule has 15 heteroatoms. The number of ether oxygens (including phenoxy) is 3. The number of hydrogen-bond donors (Lipinski definition) is 3. The summed E-state index contributed by atoms with van der Waals surface area (Å²) in [4.78, 5) is 67.7. The van der Waals surface area contributed by atoms with Gasteiger partial charge in [0.05, 0.1) is 16.7 Å². The molecule has 0 spiro atoms. The Balaban J connectivity index is 1.75. The van der Waals surface area contributed by atoms with Crippen LogP contribution in [-0.2, 0) is 33.4 Å². The summed E-state index contributed by atoms with van der Waals surface area (Å²) in [6, 6.07) is -2.23. The third-order valence-electron chi connectivity index (χ3n) is 5.41. The van der Waals surface area contributed by atoms with Gasteiger partial charge < -0.3 is 35.9 Å². The fraction of sp³-hybridized carbons (Fsp3) is 0.478. The number of anilines is 1. The lowest BCUT2D eigenvalue weighted by Crippen LogP contribution is -2.74. The summed E-state index contributed by atoms with van der Waals surface area (Å²) in [6.45, 7) is 5.73. The van der Waals surface area contributed by atoms with Crippen LogP contribution in [0.3, 0.4) is 0 Å². The number of nitrogens with one attached hydrogen (secondary N) is 1. The van der Waals surface area contributed by atoms with Crippen molar-refractivity contribution < 1.29 is 38.2 Å².